The second kappa shape index (κ2) is 9.92. The number of amides is 1. The predicted octanol–water partition coefficient (Wildman–Crippen LogP) is 4.53. The number of imidazole rings is 1. The van der Waals surface area contributed by atoms with Crippen LogP contribution in [0.3, 0.4) is 0 Å². The van der Waals surface area contributed by atoms with Crippen molar-refractivity contribution in [3.05, 3.63) is 60.0 Å². The number of benzene rings is 1. The van der Waals surface area contributed by atoms with E-state index in [1.54, 1.807) is 11.8 Å². The van der Waals surface area contributed by atoms with Gasteiger partial charge in [0.25, 0.3) is 0 Å². The van der Waals surface area contributed by atoms with Gasteiger partial charge in [-0.1, -0.05) is 49.6 Å². The van der Waals surface area contributed by atoms with Crippen LogP contribution in [0.5, 0.6) is 0 Å². The van der Waals surface area contributed by atoms with Gasteiger partial charge >= 0.3 is 0 Å². The van der Waals surface area contributed by atoms with E-state index in [9.17, 15) is 4.79 Å². The lowest BCUT2D eigenvalue weighted by Gasteiger charge is -2.25. The SMILES string of the molecule is O=C(CSCc1nc2cccnc2n1C1CCCCC1)NCCc1ccccc1. The first kappa shape index (κ1) is 20.0. The van der Waals surface area contributed by atoms with Gasteiger partial charge in [0.1, 0.15) is 11.3 Å². The zero-order valence-electron chi connectivity index (χ0n) is 16.7. The van der Waals surface area contributed by atoms with E-state index in [2.05, 4.69) is 27.0 Å². The Hall–Kier alpha value is -2.34. The molecule has 0 unspecified atom stereocenters. The topological polar surface area (TPSA) is 59.8 Å². The minimum Gasteiger partial charge on any atom is -0.355 e. The zero-order chi connectivity index (χ0) is 19.9. The molecule has 4 rings (SSSR count). The number of carbonyl (C=O) groups is 1. The molecule has 6 heteroatoms. The number of hydrogen-bond donors (Lipinski definition) is 1. The number of thioether (sulfide) groups is 1. The van der Waals surface area contributed by atoms with E-state index >= 15 is 0 Å². The second-order valence-corrected chi connectivity index (χ2v) is 8.60. The summed E-state index contributed by atoms with van der Waals surface area (Å²) in [6.45, 7) is 0.675. The third-order valence-electron chi connectivity index (χ3n) is 5.50. The highest BCUT2D eigenvalue weighted by Gasteiger charge is 2.22. The molecule has 1 fully saturated rings. The van der Waals surface area contributed by atoms with Gasteiger partial charge in [0.15, 0.2) is 5.65 Å². The van der Waals surface area contributed by atoms with Crippen molar-refractivity contribution in [2.24, 2.45) is 0 Å². The highest BCUT2D eigenvalue weighted by molar-refractivity contribution is 7.99. The van der Waals surface area contributed by atoms with Crippen LogP contribution in [0.2, 0.25) is 0 Å². The standard InChI is InChI=1S/C23H28N4OS/c28-22(24-15-13-18-8-3-1-4-9-18)17-29-16-21-26-20-12-7-14-25-23(20)27(21)19-10-5-2-6-11-19/h1,3-4,7-9,12,14,19H,2,5-6,10-11,13,15-17H2,(H,24,28). The lowest BCUT2D eigenvalue weighted by atomic mass is 9.95. The number of nitrogens with zero attached hydrogens (tertiary/aromatic N) is 3. The number of hydrogen-bond acceptors (Lipinski definition) is 4. The van der Waals surface area contributed by atoms with Crippen LogP contribution in [-0.4, -0.2) is 32.7 Å². The maximum Gasteiger partial charge on any atom is 0.230 e. The summed E-state index contributed by atoms with van der Waals surface area (Å²) in [5.41, 5.74) is 3.19. The Kier molecular flexibility index (Phi) is 6.83. The fraction of sp³-hybridized carbons (Fsp3) is 0.435. The minimum absolute atomic E-state index is 0.0874. The zero-order valence-corrected chi connectivity index (χ0v) is 17.5. The molecule has 2 aromatic heterocycles. The normalized spacial score (nSPS) is 14.9. The molecule has 3 aromatic rings. The van der Waals surface area contributed by atoms with E-state index in [0.29, 0.717) is 18.3 Å². The van der Waals surface area contributed by atoms with E-state index in [0.717, 1.165) is 29.2 Å². The summed E-state index contributed by atoms with van der Waals surface area (Å²) in [6, 6.07) is 14.7. The number of fused-ring (bicyclic) bond motifs is 1. The third kappa shape index (κ3) is 5.18. The Labute approximate surface area is 176 Å². The highest BCUT2D eigenvalue weighted by Crippen LogP contribution is 2.32. The first-order chi connectivity index (χ1) is 14.3. The average Bonchev–Trinajstić information content (AvgIpc) is 3.13. The van der Waals surface area contributed by atoms with Crippen molar-refractivity contribution < 1.29 is 4.79 Å². The fourth-order valence-corrected chi connectivity index (χ4v) is 4.85. The number of aromatic nitrogens is 3. The lowest BCUT2D eigenvalue weighted by Crippen LogP contribution is -2.27. The first-order valence-corrected chi connectivity index (χ1v) is 11.7. The van der Waals surface area contributed by atoms with E-state index in [1.165, 1.54) is 37.7 Å². The van der Waals surface area contributed by atoms with Gasteiger partial charge in [-0.2, -0.15) is 0 Å². The largest absolute Gasteiger partial charge is 0.355 e. The van der Waals surface area contributed by atoms with Crippen LogP contribution in [0.25, 0.3) is 11.2 Å². The monoisotopic (exact) mass is 408 g/mol. The molecule has 1 aliphatic rings. The quantitative estimate of drug-likeness (QED) is 0.595. The van der Waals surface area contributed by atoms with Crippen molar-refractivity contribution in [1.29, 1.82) is 0 Å². The van der Waals surface area contributed by atoms with Crippen molar-refractivity contribution in [3.8, 4) is 0 Å². The average molecular weight is 409 g/mol. The maximum absolute atomic E-state index is 12.2. The lowest BCUT2D eigenvalue weighted by molar-refractivity contribution is -0.118. The van der Waals surface area contributed by atoms with Gasteiger partial charge in [-0.15, -0.1) is 11.8 Å². The summed E-state index contributed by atoms with van der Waals surface area (Å²) < 4.78 is 2.34. The van der Waals surface area contributed by atoms with E-state index < -0.39 is 0 Å². The highest BCUT2D eigenvalue weighted by atomic mass is 32.2. The predicted molar refractivity (Wildman–Crippen MR) is 119 cm³/mol. The van der Waals surface area contributed by atoms with Gasteiger partial charge in [-0.3, -0.25) is 4.79 Å². The van der Waals surface area contributed by atoms with Gasteiger partial charge in [0, 0.05) is 18.8 Å². The molecule has 1 amide bonds. The number of nitrogens with one attached hydrogen (secondary N) is 1. The summed E-state index contributed by atoms with van der Waals surface area (Å²) in [5.74, 6) is 2.33. The molecule has 0 saturated heterocycles. The number of pyridine rings is 1. The van der Waals surface area contributed by atoms with Crippen molar-refractivity contribution in [2.45, 2.75) is 50.3 Å². The maximum atomic E-state index is 12.2. The molecule has 29 heavy (non-hydrogen) atoms. The Morgan fingerprint density at radius 3 is 2.76 bits per heavy atom. The first-order valence-electron chi connectivity index (χ1n) is 10.5. The summed E-state index contributed by atoms with van der Waals surface area (Å²) >= 11 is 1.63. The Balaban J connectivity index is 1.32. The molecular formula is C23H28N4OS. The Bertz CT molecular complexity index is 934. The van der Waals surface area contributed by atoms with Crippen LogP contribution < -0.4 is 5.32 Å². The molecule has 1 aliphatic carbocycles. The molecular weight excluding hydrogens is 380 g/mol. The van der Waals surface area contributed by atoms with Crippen LogP contribution in [0.15, 0.2) is 48.7 Å². The Morgan fingerprint density at radius 1 is 1.10 bits per heavy atom. The van der Waals surface area contributed by atoms with Crippen LogP contribution in [0, 0.1) is 0 Å². The molecule has 2 heterocycles. The van der Waals surface area contributed by atoms with Crippen molar-refractivity contribution in [3.63, 3.8) is 0 Å². The van der Waals surface area contributed by atoms with E-state index in [-0.39, 0.29) is 5.91 Å². The minimum atomic E-state index is 0.0874. The molecule has 1 aromatic carbocycles. The molecule has 1 saturated carbocycles. The van der Waals surface area contributed by atoms with Gasteiger partial charge in [-0.05, 0) is 37.0 Å². The summed E-state index contributed by atoms with van der Waals surface area (Å²) in [7, 11) is 0. The van der Waals surface area contributed by atoms with E-state index in [4.69, 9.17) is 4.98 Å². The summed E-state index contributed by atoms with van der Waals surface area (Å²) in [4.78, 5) is 21.6. The van der Waals surface area contributed by atoms with Crippen LogP contribution >= 0.6 is 11.8 Å². The van der Waals surface area contributed by atoms with Gasteiger partial charge in [0.05, 0.1) is 11.5 Å². The smallest absolute Gasteiger partial charge is 0.230 e. The molecule has 0 bridgehead atoms. The van der Waals surface area contributed by atoms with Crippen LogP contribution in [0.4, 0.5) is 0 Å². The second-order valence-electron chi connectivity index (χ2n) is 7.61. The Morgan fingerprint density at radius 2 is 1.93 bits per heavy atom. The van der Waals surface area contributed by atoms with E-state index in [1.807, 2.05) is 36.5 Å². The molecule has 5 nitrogen and oxygen atoms in total. The molecule has 0 spiro atoms. The molecule has 0 aliphatic heterocycles. The summed E-state index contributed by atoms with van der Waals surface area (Å²) in [5, 5.41) is 3.02. The van der Waals surface area contributed by atoms with Gasteiger partial charge in [-0.25, -0.2) is 9.97 Å². The third-order valence-corrected chi connectivity index (χ3v) is 6.43. The molecule has 0 atom stereocenters. The molecule has 152 valence electrons. The fourth-order valence-electron chi connectivity index (χ4n) is 4.08. The van der Waals surface area contributed by atoms with Crippen LogP contribution in [0.1, 0.15) is 49.5 Å². The van der Waals surface area contributed by atoms with Crippen molar-refractivity contribution in [1.82, 2.24) is 19.9 Å². The van der Waals surface area contributed by atoms with Crippen LogP contribution in [-0.2, 0) is 17.0 Å². The number of rotatable bonds is 8. The van der Waals surface area contributed by atoms with Crippen molar-refractivity contribution >= 4 is 28.8 Å². The van der Waals surface area contributed by atoms with Gasteiger partial charge < -0.3 is 9.88 Å². The number of carbonyl (C=O) groups excluding carboxylic acids is 1. The van der Waals surface area contributed by atoms with Crippen molar-refractivity contribution in [2.75, 3.05) is 12.3 Å². The molecule has 0 radical (unpaired) electrons. The molecule has 1 N–H and O–H groups in total. The summed E-state index contributed by atoms with van der Waals surface area (Å²) in [6.07, 6.45) is 8.96. The van der Waals surface area contributed by atoms with Gasteiger partial charge in [0.2, 0.25) is 5.91 Å².